The molecule has 1 saturated heterocycles. The van der Waals surface area contributed by atoms with Gasteiger partial charge in [0.05, 0.1) is 4.34 Å². The summed E-state index contributed by atoms with van der Waals surface area (Å²) in [6.45, 7) is 0. The van der Waals surface area contributed by atoms with Crippen molar-refractivity contribution in [1.29, 1.82) is 0 Å². The number of ether oxygens (including phenoxy) is 1. The zero-order valence-electron chi connectivity index (χ0n) is 6.64. The highest BCUT2D eigenvalue weighted by molar-refractivity contribution is 7.16. The molecule has 1 fully saturated rings. The molecule has 1 aliphatic rings. The number of halogens is 1. The molecule has 0 saturated carbocycles. The predicted molar refractivity (Wildman–Crippen MR) is 52.1 cm³/mol. The average molecular weight is 215 g/mol. The Kier molecular flexibility index (Phi) is 2.49. The minimum Gasteiger partial charge on any atom is -0.359 e. The van der Waals surface area contributed by atoms with Crippen LogP contribution in [0, 0.1) is 0 Å². The van der Waals surface area contributed by atoms with Gasteiger partial charge in [-0.1, -0.05) is 11.6 Å². The van der Waals surface area contributed by atoms with Crippen LogP contribution in [-0.2, 0) is 9.53 Å². The molecule has 0 bridgehead atoms. The summed E-state index contributed by atoms with van der Waals surface area (Å²) in [5.41, 5.74) is 0. The monoisotopic (exact) mass is 214 g/mol. The molecule has 0 spiro atoms. The van der Waals surface area contributed by atoms with Crippen molar-refractivity contribution >= 4 is 29.2 Å². The second kappa shape index (κ2) is 3.62. The quantitative estimate of drug-likeness (QED) is 0.440. The fraction of sp³-hybridized carbons (Fsp3) is 0.222. The van der Waals surface area contributed by atoms with E-state index in [0.717, 1.165) is 15.5 Å². The first-order valence-electron chi connectivity index (χ1n) is 3.84. The zero-order chi connectivity index (χ0) is 9.26. The number of carbonyl (C=O) groups excluding carboxylic acids is 1. The van der Waals surface area contributed by atoms with Crippen molar-refractivity contribution in [2.75, 3.05) is 0 Å². The first-order valence-corrected chi connectivity index (χ1v) is 5.03. The standard InChI is InChI=1S/C9H7ClO2S/c10-8-4-3-7(13-8)9-6(12-9)2-1-5-11/h1-6,9H. The van der Waals surface area contributed by atoms with Gasteiger partial charge in [-0.2, -0.15) is 0 Å². The summed E-state index contributed by atoms with van der Waals surface area (Å²) in [6, 6.07) is 3.80. The lowest BCUT2D eigenvalue weighted by Gasteiger charge is -1.82. The summed E-state index contributed by atoms with van der Waals surface area (Å²) in [5.74, 6) is 0. The van der Waals surface area contributed by atoms with Gasteiger partial charge >= 0.3 is 0 Å². The van der Waals surface area contributed by atoms with E-state index in [4.69, 9.17) is 16.3 Å². The largest absolute Gasteiger partial charge is 0.359 e. The number of hydrogen-bond donors (Lipinski definition) is 0. The molecule has 1 aromatic rings. The zero-order valence-corrected chi connectivity index (χ0v) is 8.22. The van der Waals surface area contributed by atoms with Crippen molar-refractivity contribution in [3.8, 4) is 0 Å². The Morgan fingerprint density at radius 1 is 1.54 bits per heavy atom. The minimum absolute atomic E-state index is 0.0555. The van der Waals surface area contributed by atoms with Gasteiger partial charge in [0.2, 0.25) is 0 Å². The molecule has 0 aromatic carbocycles. The van der Waals surface area contributed by atoms with Crippen molar-refractivity contribution in [3.05, 3.63) is 33.5 Å². The summed E-state index contributed by atoms with van der Waals surface area (Å²) in [6.07, 6.45) is 4.12. The Morgan fingerprint density at radius 3 is 3.00 bits per heavy atom. The maximum atomic E-state index is 10.0. The van der Waals surface area contributed by atoms with Gasteiger partial charge < -0.3 is 4.74 Å². The predicted octanol–water partition coefficient (Wildman–Crippen LogP) is 2.60. The van der Waals surface area contributed by atoms with Crippen LogP contribution in [0.4, 0.5) is 0 Å². The van der Waals surface area contributed by atoms with Crippen molar-refractivity contribution < 1.29 is 9.53 Å². The summed E-state index contributed by atoms with van der Waals surface area (Å²) < 4.78 is 6.09. The van der Waals surface area contributed by atoms with Crippen LogP contribution in [-0.4, -0.2) is 12.4 Å². The van der Waals surface area contributed by atoms with Gasteiger partial charge in [0, 0.05) is 4.88 Å². The molecule has 1 aromatic heterocycles. The smallest absolute Gasteiger partial charge is 0.142 e. The number of carbonyl (C=O) groups is 1. The SMILES string of the molecule is O=CC=CC1OC1c1ccc(Cl)s1. The molecule has 1 aliphatic heterocycles. The minimum atomic E-state index is 0.0555. The number of aldehydes is 1. The van der Waals surface area contributed by atoms with E-state index in [1.54, 1.807) is 6.08 Å². The van der Waals surface area contributed by atoms with Crippen molar-refractivity contribution in [1.82, 2.24) is 0 Å². The van der Waals surface area contributed by atoms with Gasteiger partial charge in [-0.15, -0.1) is 11.3 Å². The number of thiophene rings is 1. The molecule has 2 nitrogen and oxygen atoms in total. The summed E-state index contributed by atoms with van der Waals surface area (Å²) in [5, 5.41) is 0. The molecular weight excluding hydrogens is 208 g/mol. The molecule has 68 valence electrons. The highest BCUT2D eigenvalue weighted by Crippen LogP contribution is 2.43. The topological polar surface area (TPSA) is 29.6 Å². The maximum Gasteiger partial charge on any atom is 0.142 e. The lowest BCUT2D eigenvalue weighted by atomic mass is 10.2. The van der Waals surface area contributed by atoms with Crippen LogP contribution in [0.3, 0.4) is 0 Å². The molecule has 2 heterocycles. The first kappa shape index (κ1) is 8.94. The summed E-state index contributed by atoms with van der Waals surface area (Å²) in [4.78, 5) is 11.1. The van der Waals surface area contributed by atoms with E-state index in [-0.39, 0.29) is 12.2 Å². The maximum absolute atomic E-state index is 10.0. The molecule has 0 N–H and O–H groups in total. The fourth-order valence-electron chi connectivity index (χ4n) is 1.14. The van der Waals surface area contributed by atoms with Crippen LogP contribution in [0.25, 0.3) is 0 Å². The third-order valence-electron chi connectivity index (χ3n) is 1.78. The fourth-order valence-corrected chi connectivity index (χ4v) is 2.27. The average Bonchev–Trinajstić information content (AvgIpc) is 2.78. The Bertz CT molecular complexity index is 345. The normalized spacial score (nSPS) is 26.5. The van der Waals surface area contributed by atoms with E-state index in [2.05, 4.69) is 0 Å². The molecular formula is C9H7ClO2S. The highest BCUT2D eigenvalue weighted by Gasteiger charge is 2.38. The molecule has 0 radical (unpaired) electrons. The molecule has 4 heteroatoms. The summed E-state index contributed by atoms with van der Waals surface area (Å²) >= 11 is 7.29. The van der Waals surface area contributed by atoms with Gasteiger partial charge in [0.15, 0.2) is 0 Å². The second-order valence-corrected chi connectivity index (χ2v) is 4.43. The first-order chi connectivity index (χ1) is 6.31. The van der Waals surface area contributed by atoms with Crippen LogP contribution in [0.1, 0.15) is 11.0 Å². The van der Waals surface area contributed by atoms with Crippen LogP contribution in [0.2, 0.25) is 4.34 Å². The van der Waals surface area contributed by atoms with E-state index < -0.39 is 0 Å². The van der Waals surface area contributed by atoms with Crippen molar-refractivity contribution in [3.63, 3.8) is 0 Å². The number of rotatable bonds is 3. The summed E-state index contributed by atoms with van der Waals surface area (Å²) in [7, 11) is 0. The van der Waals surface area contributed by atoms with E-state index in [0.29, 0.717) is 0 Å². The van der Waals surface area contributed by atoms with Gasteiger partial charge in [-0.25, -0.2) is 0 Å². The van der Waals surface area contributed by atoms with E-state index >= 15 is 0 Å². The lowest BCUT2D eigenvalue weighted by molar-refractivity contribution is -0.104. The van der Waals surface area contributed by atoms with Crippen LogP contribution in [0.15, 0.2) is 24.3 Å². The number of hydrogen-bond acceptors (Lipinski definition) is 3. The van der Waals surface area contributed by atoms with E-state index in [1.807, 2.05) is 12.1 Å². The van der Waals surface area contributed by atoms with Gasteiger partial charge in [-0.3, -0.25) is 4.79 Å². The van der Waals surface area contributed by atoms with E-state index in [1.165, 1.54) is 17.4 Å². The van der Waals surface area contributed by atoms with Gasteiger partial charge in [0.25, 0.3) is 0 Å². The number of epoxide rings is 1. The molecule has 2 unspecified atom stereocenters. The third kappa shape index (κ3) is 1.99. The highest BCUT2D eigenvalue weighted by atomic mass is 35.5. The molecule has 2 atom stereocenters. The molecule has 0 aliphatic carbocycles. The lowest BCUT2D eigenvalue weighted by Crippen LogP contribution is -1.79. The molecule has 13 heavy (non-hydrogen) atoms. The van der Waals surface area contributed by atoms with Crippen molar-refractivity contribution in [2.45, 2.75) is 12.2 Å². The Morgan fingerprint density at radius 2 is 2.38 bits per heavy atom. The Balaban J connectivity index is 1.99. The number of allylic oxidation sites excluding steroid dienone is 1. The van der Waals surface area contributed by atoms with Gasteiger partial charge in [0.1, 0.15) is 18.5 Å². The van der Waals surface area contributed by atoms with Crippen LogP contribution < -0.4 is 0 Å². The Labute approximate surface area is 84.8 Å². The van der Waals surface area contributed by atoms with Crippen LogP contribution >= 0.6 is 22.9 Å². The van der Waals surface area contributed by atoms with Crippen LogP contribution in [0.5, 0.6) is 0 Å². The third-order valence-corrected chi connectivity index (χ3v) is 3.07. The Hall–Kier alpha value is -0.640. The van der Waals surface area contributed by atoms with E-state index in [9.17, 15) is 4.79 Å². The van der Waals surface area contributed by atoms with Gasteiger partial charge in [-0.05, 0) is 24.3 Å². The second-order valence-electron chi connectivity index (χ2n) is 2.68. The molecule has 0 amide bonds. The van der Waals surface area contributed by atoms with Crippen molar-refractivity contribution in [2.24, 2.45) is 0 Å². The molecule has 2 rings (SSSR count).